The largest absolute Gasteiger partial charge is 0.416 e. The number of benzene rings is 6. The Bertz CT molecular complexity index is 1670. The number of fused-ring (bicyclic) bond motifs is 5. The molecule has 6 aromatic carbocycles. The summed E-state index contributed by atoms with van der Waals surface area (Å²) < 4.78 is 77.9. The van der Waals surface area contributed by atoms with Gasteiger partial charge in [0.2, 0.25) is 0 Å². The minimum absolute atomic E-state index is 0.683. The number of hydrogen-bond acceptors (Lipinski definition) is 0. The lowest BCUT2D eigenvalue weighted by atomic mass is 9.93. The van der Waals surface area contributed by atoms with Gasteiger partial charge in [0.25, 0.3) is 0 Å². The summed E-state index contributed by atoms with van der Waals surface area (Å²) in [5.74, 6) is 0. The Morgan fingerprint density at radius 3 is 0.974 bits per heavy atom. The molecule has 0 saturated heterocycles. The van der Waals surface area contributed by atoms with Crippen LogP contribution in [0.25, 0.3) is 54.6 Å². The molecule has 188 valence electrons. The molecule has 0 aliphatic carbocycles. The maximum Gasteiger partial charge on any atom is 0.416 e. The summed E-state index contributed by atoms with van der Waals surface area (Å²) >= 11 is 0. The van der Waals surface area contributed by atoms with Crippen LogP contribution in [0.15, 0.2) is 109 Å². The summed E-state index contributed by atoms with van der Waals surface area (Å²) in [5, 5.41) is 5.86. The van der Waals surface area contributed by atoms with Crippen molar-refractivity contribution in [3.8, 4) is 22.3 Å². The van der Waals surface area contributed by atoms with Crippen LogP contribution < -0.4 is 0 Å². The molecular formula is C32H18F6. The zero-order chi connectivity index (χ0) is 26.7. The Morgan fingerprint density at radius 1 is 0.316 bits per heavy atom. The molecule has 0 heterocycles. The first-order valence-electron chi connectivity index (χ1n) is 11.8. The van der Waals surface area contributed by atoms with Crippen molar-refractivity contribution < 1.29 is 26.3 Å². The molecule has 0 spiro atoms. The highest BCUT2D eigenvalue weighted by molar-refractivity contribution is 6.18. The average Bonchev–Trinajstić information content (AvgIpc) is 2.91. The lowest BCUT2D eigenvalue weighted by Gasteiger charge is -2.12. The van der Waals surface area contributed by atoms with Crippen LogP contribution >= 0.6 is 0 Å². The van der Waals surface area contributed by atoms with Gasteiger partial charge in [0.1, 0.15) is 0 Å². The molecule has 0 aliphatic heterocycles. The molecule has 0 unspecified atom stereocenters. The van der Waals surface area contributed by atoms with E-state index in [0.29, 0.717) is 11.1 Å². The molecule has 0 nitrogen and oxygen atoms in total. The smallest absolute Gasteiger partial charge is 0.166 e. The quantitative estimate of drug-likeness (QED) is 0.159. The van der Waals surface area contributed by atoms with Gasteiger partial charge in [-0.15, -0.1) is 0 Å². The summed E-state index contributed by atoms with van der Waals surface area (Å²) in [6, 6.07) is 29.9. The first-order valence-corrected chi connectivity index (χ1v) is 11.8. The van der Waals surface area contributed by atoms with Gasteiger partial charge in [-0.1, -0.05) is 72.8 Å². The SMILES string of the molecule is FC(F)(F)c1ccc(-c2ccc3ccc4c5cc(-c6ccc(C(F)(F)F)cc6)ccc5ccc4c3c2)cc1. The standard InChI is InChI=1S/C32H18F6/c33-31(34,35)25-11-5-19(6-12-25)23-3-1-21-9-15-28-27(29(21)17-23)16-10-22-2-4-24(18-30(22)28)20-7-13-26(14-8-20)32(36,37)38/h1-18H. The van der Waals surface area contributed by atoms with E-state index >= 15 is 0 Å². The maximum atomic E-state index is 13.0. The Hall–Kier alpha value is -4.32. The number of hydrogen-bond donors (Lipinski definition) is 0. The zero-order valence-electron chi connectivity index (χ0n) is 19.7. The molecule has 0 radical (unpaired) electrons. The molecule has 6 rings (SSSR count). The van der Waals surface area contributed by atoms with Crippen LogP contribution in [0.2, 0.25) is 0 Å². The zero-order valence-corrected chi connectivity index (χ0v) is 19.7. The number of alkyl halides is 6. The van der Waals surface area contributed by atoms with Crippen molar-refractivity contribution in [2.45, 2.75) is 12.4 Å². The number of halogens is 6. The number of rotatable bonds is 2. The highest BCUT2D eigenvalue weighted by Crippen LogP contribution is 2.37. The second kappa shape index (κ2) is 8.62. The van der Waals surface area contributed by atoms with Crippen LogP contribution in [-0.2, 0) is 12.4 Å². The minimum atomic E-state index is -4.39. The summed E-state index contributed by atoms with van der Waals surface area (Å²) in [5.41, 5.74) is 1.59. The molecule has 0 fully saturated rings. The molecule has 0 bridgehead atoms. The van der Waals surface area contributed by atoms with E-state index in [-0.39, 0.29) is 0 Å². The Balaban J connectivity index is 1.47. The summed E-state index contributed by atoms with van der Waals surface area (Å²) in [6.45, 7) is 0. The van der Waals surface area contributed by atoms with E-state index in [1.54, 1.807) is 0 Å². The van der Waals surface area contributed by atoms with Crippen LogP contribution in [0.4, 0.5) is 26.3 Å². The third-order valence-corrected chi connectivity index (χ3v) is 6.93. The molecule has 0 atom stereocenters. The molecule has 6 heteroatoms. The fraction of sp³-hybridized carbons (Fsp3) is 0.0625. The van der Waals surface area contributed by atoms with Gasteiger partial charge >= 0.3 is 12.4 Å². The van der Waals surface area contributed by atoms with Crippen LogP contribution in [0.5, 0.6) is 0 Å². The van der Waals surface area contributed by atoms with Gasteiger partial charge in [-0.25, -0.2) is 0 Å². The Morgan fingerprint density at radius 2 is 0.632 bits per heavy atom. The molecule has 0 saturated carbocycles. The fourth-order valence-corrected chi connectivity index (χ4v) is 4.93. The second-order valence-corrected chi connectivity index (χ2v) is 9.25. The molecule has 0 aromatic heterocycles. The normalized spacial score (nSPS) is 12.5. The van der Waals surface area contributed by atoms with Crippen molar-refractivity contribution in [3.05, 3.63) is 120 Å². The Kier molecular flexibility index (Phi) is 5.45. The van der Waals surface area contributed by atoms with E-state index in [1.165, 1.54) is 24.3 Å². The predicted octanol–water partition coefficient (Wildman–Crippen LogP) is 10.5. The van der Waals surface area contributed by atoms with Gasteiger partial charge in [0, 0.05) is 0 Å². The first-order chi connectivity index (χ1) is 18.1. The molecule has 0 N–H and O–H groups in total. The third-order valence-electron chi connectivity index (χ3n) is 6.93. The summed E-state index contributed by atoms with van der Waals surface area (Å²) in [6.07, 6.45) is -8.78. The van der Waals surface area contributed by atoms with Crippen LogP contribution in [0, 0.1) is 0 Å². The van der Waals surface area contributed by atoms with Gasteiger partial charge < -0.3 is 0 Å². The molecule has 0 aliphatic rings. The minimum Gasteiger partial charge on any atom is -0.166 e. The predicted molar refractivity (Wildman–Crippen MR) is 140 cm³/mol. The first kappa shape index (κ1) is 24.0. The van der Waals surface area contributed by atoms with Gasteiger partial charge in [-0.05, 0) is 91.0 Å². The third kappa shape index (κ3) is 4.26. The van der Waals surface area contributed by atoms with Crippen molar-refractivity contribution in [3.63, 3.8) is 0 Å². The van der Waals surface area contributed by atoms with E-state index in [9.17, 15) is 26.3 Å². The van der Waals surface area contributed by atoms with Gasteiger partial charge in [0.15, 0.2) is 0 Å². The van der Waals surface area contributed by atoms with Gasteiger partial charge in [0.05, 0.1) is 11.1 Å². The van der Waals surface area contributed by atoms with Crippen molar-refractivity contribution in [2.75, 3.05) is 0 Å². The van der Waals surface area contributed by atoms with E-state index in [1.807, 2.05) is 60.7 Å². The van der Waals surface area contributed by atoms with E-state index in [2.05, 4.69) is 0 Å². The van der Waals surface area contributed by atoms with Crippen LogP contribution in [0.1, 0.15) is 11.1 Å². The van der Waals surface area contributed by atoms with Gasteiger partial charge in [-0.3, -0.25) is 0 Å². The molecular weight excluding hydrogens is 498 g/mol. The van der Waals surface area contributed by atoms with Crippen molar-refractivity contribution in [1.29, 1.82) is 0 Å². The fourth-order valence-electron chi connectivity index (χ4n) is 4.93. The van der Waals surface area contributed by atoms with Crippen molar-refractivity contribution in [1.82, 2.24) is 0 Å². The van der Waals surface area contributed by atoms with E-state index in [0.717, 1.165) is 67.7 Å². The molecule has 38 heavy (non-hydrogen) atoms. The highest BCUT2D eigenvalue weighted by Gasteiger charge is 2.30. The van der Waals surface area contributed by atoms with E-state index in [4.69, 9.17) is 0 Å². The average molecular weight is 516 g/mol. The maximum absolute atomic E-state index is 13.0. The lowest BCUT2D eigenvalue weighted by Crippen LogP contribution is -2.03. The van der Waals surface area contributed by atoms with Crippen molar-refractivity contribution in [2.24, 2.45) is 0 Å². The monoisotopic (exact) mass is 516 g/mol. The van der Waals surface area contributed by atoms with Crippen molar-refractivity contribution >= 4 is 32.3 Å². The topological polar surface area (TPSA) is 0 Å². The van der Waals surface area contributed by atoms with E-state index < -0.39 is 23.5 Å². The second-order valence-electron chi connectivity index (χ2n) is 9.25. The molecule has 0 amide bonds. The van der Waals surface area contributed by atoms with Gasteiger partial charge in [-0.2, -0.15) is 26.3 Å². The Labute approximate surface area is 213 Å². The lowest BCUT2D eigenvalue weighted by molar-refractivity contribution is -0.138. The van der Waals surface area contributed by atoms with Crippen LogP contribution in [-0.4, -0.2) is 0 Å². The van der Waals surface area contributed by atoms with Crippen LogP contribution in [0.3, 0.4) is 0 Å². The summed E-state index contributed by atoms with van der Waals surface area (Å²) in [4.78, 5) is 0. The highest BCUT2D eigenvalue weighted by atomic mass is 19.4. The molecule has 6 aromatic rings. The summed E-state index contributed by atoms with van der Waals surface area (Å²) in [7, 11) is 0.